The number of carbonyl (C=O) groups is 2. The van der Waals surface area contributed by atoms with Crippen LogP contribution < -0.4 is 5.32 Å². The summed E-state index contributed by atoms with van der Waals surface area (Å²) < 4.78 is 0. The van der Waals surface area contributed by atoms with Crippen molar-refractivity contribution in [2.45, 2.75) is 38.6 Å². The Morgan fingerprint density at radius 3 is 2.57 bits per heavy atom. The molecule has 2 N–H and O–H groups in total. The Hall–Kier alpha value is -1.84. The molecular formula is C17H21NO3. The van der Waals surface area contributed by atoms with Gasteiger partial charge < -0.3 is 10.4 Å². The predicted molar refractivity (Wildman–Crippen MR) is 78.6 cm³/mol. The van der Waals surface area contributed by atoms with Crippen molar-refractivity contribution in [3.63, 3.8) is 0 Å². The van der Waals surface area contributed by atoms with Crippen LogP contribution in [0.1, 0.15) is 42.9 Å². The molecule has 0 spiro atoms. The van der Waals surface area contributed by atoms with Gasteiger partial charge in [0, 0.05) is 5.92 Å². The van der Waals surface area contributed by atoms with Gasteiger partial charge in [0.05, 0.1) is 12.5 Å². The molecule has 2 saturated carbocycles. The summed E-state index contributed by atoms with van der Waals surface area (Å²) in [5.74, 6) is 0.373. The van der Waals surface area contributed by atoms with Crippen molar-refractivity contribution in [3.8, 4) is 0 Å². The van der Waals surface area contributed by atoms with Gasteiger partial charge in [0.1, 0.15) is 0 Å². The highest BCUT2D eigenvalue weighted by atomic mass is 16.4. The van der Waals surface area contributed by atoms with E-state index in [1.165, 1.54) is 6.42 Å². The van der Waals surface area contributed by atoms with Crippen molar-refractivity contribution in [2.75, 3.05) is 0 Å². The molecule has 0 saturated heterocycles. The van der Waals surface area contributed by atoms with Crippen LogP contribution in [0.5, 0.6) is 0 Å². The van der Waals surface area contributed by atoms with Gasteiger partial charge in [-0.25, -0.2) is 0 Å². The van der Waals surface area contributed by atoms with Gasteiger partial charge in [0.25, 0.3) is 0 Å². The Labute approximate surface area is 124 Å². The number of fused-ring (bicyclic) bond motifs is 1. The minimum atomic E-state index is -0.889. The number of carbonyl (C=O) groups excluding carboxylic acids is 1. The molecule has 112 valence electrons. The highest BCUT2D eigenvalue weighted by Gasteiger charge is 2.56. The second-order valence-electron chi connectivity index (χ2n) is 6.30. The van der Waals surface area contributed by atoms with Crippen molar-refractivity contribution in [1.29, 1.82) is 0 Å². The fourth-order valence-electron chi connectivity index (χ4n) is 3.87. The van der Waals surface area contributed by atoms with E-state index < -0.39 is 12.0 Å². The Balaban J connectivity index is 1.72. The molecule has 21 heavy (non-hydrogen) atoms. The molecule has 2 fully saturated rings. The van der Waals surface area contributed by atoms with E-state index in [1.54, 1.807) is 0 Å². The van der Waals surface area contributed by atoms with E-state index >= 15 is 0 Å². The number of rotatable bonds is 5. The lowest BCUT2D eigenvalue weighted by atomic mass is 9.98. The summed E-state index contributed by atoms with van der Waals surface area (Å²) in [6.45, 7) is 1.95. The van der Waals surface area contributed by atoms with Gasteiger partial charge in [-0.2, -0.15) is 0 Å². The molecule has 0 aromatic heterocycles. The van der Waals surface area contributed by atoms with Crippen LogP contribution >= 0.6 is 0 Å². The summed E-state index contributed by atoms with van der Waals surface area (Å²) in [4.78, 5) is 23.5. The average molecular weight is 287 g/mol. The van der Waals surface area contributed by atoms with Crippen molar-refractivity contribution in [2.24, 2.45) is 17.8 Å². The molecule has 0 heterocycles. The van der Waals surface area contributed by atoms with E-state index in [9.17, 15) is 9.59 Å². The lowest BCUT2D eigenvalue weighted by molar-refractivity contribution is -0.137. The number of aryl methyl sites for hydroxylation is 1. The zero-order valence-corrected chi connectivity index (χ0v) is 12.2. The molecule has 2 aliphatic rings. The van der Waals surface area contributed by atoms with E-state index in [-0.39, 0.29) is 18.2 Å². The topological polar surface area (TPSA) is 66.4 Å². The van der Waals surface area contributed by atoms with Crippen molar-refractivity contribution in [1.82, 2.24) is 5.32 Å². The zero-order valence-electron chi connectivity index (χ0n) is 12.2. The first-order valence-corrected chi connectivity index (χ1v) is 7.65. The fraction of sp³-hybridized carbons (Fsp3) is 0.529. The lowest BCUT2D eigenvalue weighted by Crippen LogP contribution is -2.32. The number of hydrogen-bond donors (Lipinski definition) is 2. The normalized spacial score (nSPS) is 27.8. The van der Waals surface area contributed by atoms with Crippen LogP contribution in [0.4, 0.5) is 0 Å². The Morgan fingerprint density at radius 1 is 1.29 bits per heavy atom. The Kier molecular flexibility index (Phi) is 3.70. The quantitative estimate of drug-likeness (QED) is 0.875. The smallest absolute Gasteiger partial charge is 0.305 e. The van der Waals surface area contributed by atoms with Crippen LogP contribution in [0.15, 0.2) is 24.3 Å². The molecule has 0 aliphatic heterocycles. The summed E-state index contributed by atoms with van der Waals surface area (Å²) in [5.41, 5.74) is 1.92. The second-order valence-corrected chi connectivity index (χ2v) is 6.30. The first-order valence-electron chi connectivity index (χ1n) is 7.65. The molecule has 3 rings (SSSR count). The van der Waals surface area contributed by atoms with Crippen LogP contribution in [0.25, 0.3) is 0 Å². The van der Waals surface area contributed by atoms with Crippen LogP contribution in [0.3, 0.4) is 0 Å². The van der Waals surface area contributed by atoms with Crippen molar-refractivity contribution < 1.29 is 14.7 Å². The molecule has 2 aliphatic carbocycles. The third-order valence-electron chi connectivity index (χ3n) is 4.97. The Morgan fingerprint density at radius 2 is 1.95 bits per heavy atom. The minimum Gasteiger partial charge on any atom is -0.481 e. The molecule has 4 atom stereocenters. The maximum atomic E-state index is 12.4. The van der Waals surface area contributed by atoms with Gasteiger partial charge in [0.15, 0.2) is 0 Å². The van der Waals surface area contributed by atoms with Crippen molar-refractivity contribution in [3.05, 3.63) is 35.4 Å². The number of hydrogen-bond acceptors (Lipinski definition) is 2. The van der Waals surface area contributed by atoms with E-state index in [1.807, 2.05) is 31.2 Å². The summed E-state index contributed by atoms with van der Waals surface area (Å²) in [7, 11) is 0. The molecule has 1 unspecified atom stereocenters. The molecule has 0 radical (unpaired) electrons. The van der Waals surface area contributed by atoms with Crippen molar-refractivity contribution >= 4 is 11.9 Å². The van der Waals surface area contributed by atoms with Gasteiger partial charge in [-0.1, -0.05) is 30.7 Å². The third-order valence-corrected chi connectivity index (χ3v) is 4.97. The highest BCUT2D eigenvalue weighted by molar-refractivity contribution is 5.83. The van der Waals surface area contributed by atoms with Crippen LogP contribution in [0, 0.1) is 24.7 Å². The molecule has 1 aromatic carbocycles. The van der Waals surface area contributed by atoms with Gasteiger partial charge in [-0.3, -0.25) is 9.59 Å². The minimum absolute atomic E-state index is 0.0409. The monoisotopic (exact) mass is 287 g/mol. The lowest BCUT2D eigenvalue weighted by Gasteiger charge is -2.20. The highest BCUT2D eigenvalue weighted by Crippen LogP contribution is 2.57. The fourth-order valence-corrected chi connectivity index (χ4v) is 3.87. The number of benzene rings is 1. The van der Waals surface area contributed by atoms with Crippen LogP contribution in [-0.4, -0.2) is 17.0 Å². The van der Waals surface area contributed by atoms with Gasteiger partial charge in [0.2, 0.25) is 5.91 Å². The first kappa shape index (κ1) is 14.1. The SMILES string of the molecule is Cc1ccccc1[C@@H](CC(=O)O)NC(=O)C1[C@H]2CCC[C@@H]12. The molecule has 4 nitrogen and oxygen atoms in total. The number of carboxylic acid groups (broad SMARTS) is 1. The van der Waals surface area contributed by atoms with Gasteiger partial charge >= 0.3 is 5.97 Å². The van der Waals surface area contributed by atoms with Crippen LogP contribution in [0.2, 0.25) is 0 Å². The summed E-state index contributed by atoms with van der Waals surface area (Å²) in [6.07, 6.45) is 3.46. The summed E-state index contributed by atoms with van der Waals surface area (Å²) >= 11 is 0. The Bertz CT molecular complexity index is 559. The van der Waals surface area contributed by atoms with Gasteiger partial charge in [-0.05, 0) is 42.7 Å². The molecule has 4 heteroatoms. The second kappa shape index (κ2) is 5.51. The maximum Gasteiger partial charge on any atom is 0.305 e. The zero-order chi connectivity index (χ0) is 15.0. The molecule has 1 amide bonds. The predicted octanol–water partition coefficient (Wildman–Crippen LogP) is 2.67. The standard InChI is InChI=1S/C17H21NO3/c1-10-5-2-3-6-11(10)14(9-15(19)20)18-17(21)16-12-7-4-8-13(12)16/h2-3,5-6,12-14,16H,4,7-9H2,1H3,(H,18,21)(H,19,20)/t12-,13+,14-,16?/m1/s1. The van der Waals surface area contributed by atoms with E-state index in [0.717, 1.165) is 24.0 Å². The number of nitrogens with one attached hydrogen (secondary N) is 1. The molecular weight excluding hydrogens is 266 g/mol. The third kappa shape index (κ3) is 2.80. The largest absolute Gasteiger partial charge is 0.481 e. The maximum absolute atomic E-state index is 12.4. The van der Waals surface area contributed by atoms with E-state index in [4.69, 9.17) is 5.11 Å². The number of amides is 1. The molecule has 0 bridgehead atoms. The van der Waals surface area contributed by atoms with Gasteiger partial charge in [-0.15, -0.1) is 0 Å². The van der Waals surface area contributed by atoms with E-state index in [0.29, 0.717) is 11.8 Å². The number of aliphatic carboxylic acids is 1. The summed E-state index contributed by atoms with van der Waals surface area (Å²) in [5, 5.41) is 12.1. The van der Waals surface area contributed by atoms with E-state index in [2.05, 4.69) is 5.32 Å². The summed E-state index contributed by atoms with van der Waals surface area (Å²) in [6, 6.07) is 7.22. The van der Waals surface area contributed by atoms with Crippen LogP contribution in [-0.2, 0) is 9.59 Å². The average Bonchev–Trinajstić information content (AvgIpc) is 2.92. The molecule has 1 aromatic rings. The first-order chi connectivity index (χ1) is 10.1. The number of carboxylic acids is 1.